The Morgan fingerprint density at radius 3 is 2.64 bits per heavy atom. The standard InChI is InChI=1S/C18H27N5OS/c1-12-15(13(2)23-17(19-12)20-18(21-23)25-4)10-16(24)22(3)11-14-8-6-5-7-9-14/h14H,5-11H2,1-4H3. The van der Waals surface area contributed by atoms with Crippen LogP contribution >= 0.6 is 11.8 Å². The first-order valence-corrected chi connectivity index (χ1v) is 10.2. The molecule has 0 unspecified atom stereocenters. The number of carbonyl (C=O) groups excluding carboxylic acids is 1. The first-order valence-electron chi connectivity index (χ1n) is 9.00. The average Bonchev–Trinajstić information content (AvgIpc) is 3.02. The highest BCUT2D eigenvalue weighted by atomic mass is 32.2. The lowest BCUT2D eigenvalue weighted by Crippen LogP contribution is -2.34. The lowest BCUT2D eigenvalue weighted by molar-refractivity contribution is -0.129. The summed E-state index contributed by atoms with van der Waals surface area (Å²) in [4.78, 5) is 23.6. The first-order chi connectivity index (χ1) is 12.0. The summed E-state index contributed by atoms with van der Waals surface area (Å²) in [6.45, 7) is 4.81. The second kappa shape index (κ2) is 7.72. The zero-order valence-electron chi connectivity index (χ0n) is 15.6. The fourth-order valence-corrected chi connectivity index (χ4v) is 4.01. The van der Waals surface area contributed by atoms with E-state index in [9.17, 15) is 4.79 Å². The van der Waals surface area contributed by atoms with Crippen molar-refractivity contribution in [3.05, 3.63) is 17.0 Å². The number of amides is 1. The van der Waals surface area contributed by atoms with Crippen molar-refractivity contribution < 1.29 is 4.79 Å². The van der Waals surface area contributed by atoms with E-state index in [1.807, 2.05) is 32.1 Å². The molecule has 0 spiro atoms. The van der Waals surface area contributed by atoms with E-state index < -0.39 is 0 Å². The Morgan fingerprint density at radius 2 is 1.96 bits per heavy atom. The smallest absolute Gasteiger partial charge is 0.253 e. The molecule has 7 heteroatoms. The van der Waals surface area contributed by atoms with Gasteiger partial charge in [0.25, 0.3) is 5.78 Å². The fourth-order valence-electron chi connectivity index (χ4n) is 3.68. The van der Waals surface area contributed by atoms with Crippen molar-refractivity contribution in [3.8, 4) is 0 Å². The summed E-state index contributed by atoms with van der Waals surface area (Å²) in [5.74, 6) is 1.42. The van der Waals surface area contributed by atoms with Crippen LogP contribution in [0.15, 0.2) is 5.16 Å². The third kappa shape index (κ3) is 3.97. The van der Waals surface area contributed by atoms with Gasteiger partial charge in [0.15, 0.2) is 0 Å². The number of fused-ring (bicyclic) bond motifs is 1. The summed E-state index contributed by atoms with van der Waals surface area (Å²) in [5, 5.41) is 5.16. The fraction of sp³-hybridized carbons (Fsp3) is 0.667. The van der Waals surface area contributed by atoms with Gasteiger partial charge in [-0.3, -0.25) is 4.79 Å². The lowest BCUT2D eigenvalue weighted by atomic mass is 9.89. The maximum atomic E-state index is 12.7. The Bertz CT molecular complexity index is 766. The average molecular weight is 362 g/mol. The summed E-state index contributed by atoms with van der Waals surface area (Å²) in [6.07, 6.45) is 8.76. The summed E-state index contributed by atoms with van der Waals surface area (Å²) in [6, 6.07) is 0. The van der Waals surface area contributed by atoms with Crippen molar-refractivity contribution in [1.29, 1.82) is 0 Å². The van der Waals surface area contributed by atoms with Gasteiger partial charge in [0.05, 0.1) is 6.42 Å². The molecule has 0 radical (unpaired) electrons. The molecule has 136 valence electrons. The predicted octanol–water partition coefficient (Wildman–Crippen LogP) is 3.04. The normalized spacial score (nSPS) is 15.7. The van der Waals surface area contributed by atoms with Crippen LogP contribution in [0.25, 0.3) is 5.78 Å². The number of thioether (sulfide) groups is 1. The predicted molar refractivity (Wildman–Crippen MR) is 100.0 cm³/mol. The molecule has 0 atom stereocenters. The lowest BCUT2D eigenvalue weighted by Gasteiger charge is -2.27. The van der Waals surface area contributed by atoms with Crippen molar-refractivity contribution >= 4 is 23.4 Å². The monoisotopic (exact) mass is 361 g/mol. The Morgan fingerprint density at radius 1 is 1.24 bits per heavy atom. The van der Waals surface area contributed by atoms with Gasteiger partial charge in [-0.25, -0.2) is 9.50 Å². The van der Waals surface area contributed by atoms with E-state index >= 15 is 0 Å². The van der Waals surface area contributed by atoms with Crippen molar-refractivity contribution in [1.82, 2.24) is 24.5 Å². The van der Waals surface area contributed by atoms with Crippen LogP contribution in [0.1, 0.15) is 49.1 Å². The van der Waals surface area contributed by atoms with Crippen LogP contribution in [-0.4, -0.2) is 50.2 Å². The van der Waals surface area contributed by atoms with E-state index in [1.54, 1.807) is 4.52 Å². The zero-order chi connectivity index (χ0) is 18.0. The molecule has 0 bridgehead atoms. The Hall–Kier alpha value is -1.63. The topological polar surface area (TPSA) is 63.4 Å². The van der Waals surface area contributed by atoms with Gasteiger partial charge in [0.2, 0.25) is 11.1 Å². The molecule has 1 fully saturated rings. The molecule has 0 aromatic carbocycles. The minimum Gasteiger partial charge on any atom is -0.345 e. The molecule has 0 saturated heterocycles. The molecular weight excluding hydrogens is 334 g/mol. The number of aryl methyl sites for hydroxylation is 2. The minimum atomic E-state index is 0.156. The van der Waals surface area contributed by atoms with Crippen LogP contribution in [0.5, 0.6) is 0 Å². The van der Waals surface area contributed by atoms with Gasteiger partial charge in [-0.05, 0) is 38.9 Å². The summed E-state index contributed by atoms with van der Waals surface area (Å²) < 4.78 is 1.75. The van der Waals surface area contributed by atoms with Gasteiger partial charge in [-0.15, -0.1) is 5.10 Å². The molecule has 25 heavy (non-hydrogen) atoms. The molecule has 0 aliphatic heterocycles. The van der Waals surface area contributed by atoms with Crippen LogP contribution in [0, 0.1) is 19.8 Å². The van der Waals surface area contributed by atoms with E-state index in [1.165, 1.54) is 43.9 Å². The van der Waals surface area contributed by atoms with E-state index in [0.29, 0.717) is 23.3 Å². The molecule has 3 rings (SSSR count). The van der Waals surface area contributed by atoms with Crippen molar-refractivity contribution in [2.45, 2.75) is 57.5 Å². The molecule has 2 heterocycles. The molecular formula is C18H27N5OS. The second-order valence-corrected chi connectivity index (χ2v) is 7.80. The van der Waals surface area contributed by atoms with Crippen LogP contribution in [-0.2, 0) is 11.2 Å². The van der Waals surface area contributed by atoms with E-state index in [0.717, 1.165) is 23.5 Å². The third-order valence-electron chi connectivity index (χ3n) is 5.22. The number of nitrogens with zero attached hydrogens (tertiary/aromatic N) is 5. The highest BCUT2D eigenvalue weighted by Gasteiger charge is 2.21. The van der Waals surface area contributed by atoms with Gasteiger partial charge < -0.3 is 4.90 Å². The van der Waals surface area contributed by atoms with Crippen molar-refractivity contribution in [2.24, 2.45) is 5.92 Å². The van der Waals surface area contributed by atoms with Crippen molar-refractivity contribution in [2.75, 3.05) is 19.8 Å². The molecule has 2 aromatic rings. The van der Waals surface area contributed by atoms with Gasteiger partial charge >= 0.3 is 0 Å². The second-order valence-electron chi connectivity index (χ2n) is 7.03. The van der Waals surface area contributed by atoms with Crippen molar-refractivity contribution in [3.63, 3.8) is 0 Å². The Labute approximate surface area is 153 Å². The maximum Gasteiger partial charge on any atom is 0.253 e. The summed E-state index contributed by atoms with van der Waals surface area (Å²) in [7, 11) is 1.93. The van der Waals surface area contributed by atoms with Crippen LogP contribution in [0.3, 0.4) is 0 Å². The molecule has 1 aliphatic rings. The van der Waals surface area contributed by atoms with Crippen LogP contribution in [0.4, 0.5) is 0 Å². The SMILES string of the molecule is CSc1nc2nc(C)c(CC(=O)N(C)CC3CCCCC3)c(C)n2n1. The number of aromatic nitrogens is 4. The molecule has 2 aromatic heterocycles. The van der Waals surface area contributed by atoms with Crippen LogP contribution in [0.2, 0.25) is 0 Å². The Kier molecular flexibility index (Phi) is 5.61. The number of rotatable bonds is 5. The molecule has 1 amide bonds. The Balaban J connectivity index is 1.75. The van der Waals surface area contributed by atoms with Gasteiger partial charge in [-0.1, -0.05) is 31.0 Å². The van der Waals surface area contributed by atoms with E-state index in [4.69, 9.17) is 0 Å². The molecule has 6 nitrogen and oxygen atoms in total. The highest BCUT2D eigenvalue weighted by Crippen LogP contribution is 2.24. The number of likely N-dealkylation sites (N-methyl/N-ethyl adjacent to an activating group) is 1. The summed E-state index contributed by atoms with van der Waals surface area (Å²) in [5.41, 5.74) is 2.78. The zero-order valence-corrected chi connectivity index (χ0v) is 16.4. The third-order valence-corrected chi connectivity index (χ3v) is 5.76. The van der Waals surface area contributed by atoms with Gasteiger partial charge in [0, 0.05) is 30.5 Å². The maximum absolute atomic E-state index is 12.7. The minimum absolute atomic E-state index is 0.156. The number of carbonyl (C=O) groups is 1. The number of hydrogen-bond acceptors (Lipinski definition) is 5. The molecule has 0 N–H and O–H groups in total. The first kappa shape index (κ1) is 18.2. The highest BCUT2D eigenvalue weighted by molar-refractivity contribution is 7.98. The van der Waals surface area contributed by atoms with Gasteiger partial charge in [0.1, 0.15) is 0 Å². The molecule has 1 saturated carbocycles. The summed E-state index contributed by atoms with van der Waals surface area (Å²) >= 11 is 1.49. The van der Waals surface area contributed by atoms with E-state index in [-0.39, 0.29) is 5.91 Å². The van der Waals surface area contributed by atoms with E-state index in [2.05, 4.69) is 15.1 Å². The molecule has 1 aliphatic carbocycles. The largest absolute Gasteiger partial charge is 0.345 e. The van der Waals surface area contributed by atoms with Crippen LogP contribution < -0.4 is 0 Å². The quantitative estimate of drug-likeness (QED) is 0.766. The number of hydrogen-bond donors (Lipinski definition) is 0. The van der Waals surface area contributed by atoms with Gasteiger partial charge in [-0.2, -0.15) is 4.98 Å².